The molecular formula is C14H16N2O4S. The highest BCUT2D eigenvalue weighted by Gasteiger charge is 2.45. The van der Waals surface area contributed by atoms with E-state index in [1.807, 2.05) is 6.07 Å². The molecule has 1 aromatic carbocycles. The zero-order valence-corrected chi connectivity index (χ0v) is 12.6. The van der Waals surface area contributed by atoms with E-state index in [0.717, 1.165) is 0 Å². The predicted molar refractivity (Wildman–Crippen MR) is 75.0 cm³/mol. The third-order valence-electron chi connectivity index (χ3n) is 3.88. The van der Waals surface area contributed by atoms with Crippen LogP contribution in [0, 0.1) is 23.7 Å². The number of aryl methyl sites for hydroxylation is 1. The van der Waals surface area contributed by atoms with E-state index in [9.17, 15) is 18.3 Å². The number of nitrogens with zero attached hydrogens (tertiary/aromatic N) is 2. The third-order valence-corrected chi connectivity index (χ3v) is 5.88. The first-order valence-corrected chi connectivity index (χ1v) is 7.89. The highest BCUT2D eigenvalue weighted by Crippen LogP contribution is 2.34. The van der Waals surface area contributed by atoms with Gasteiger partial charge in [-0.1, -0.05) is 0 Å². The van der Waals surface area contributed by atoms with E-state index >= 15 is 0 Å². The fraction of sp³-hybridized carbons (Fsp3) is 0.429. The van der Waals surface area contributed by atoms with Crippen LogP contribution < -0.4 is 0 Å². The fourth-order valence-electron chi connectivity index (χ4n) is 2.45. The Labute approximate surface area is 123 Å². The lowest BCUT2D eigenvalue weighted by molar-refractivity contribution is -0.146. The van der Waals surface area contributed by atoms with E-state index in [2.05, 4.69) is 0 Å². The summed E-state index contributed by atoms with van der Waals surface area (Å²) in [6.45, 7) is 3.32. The van der Waals surface area contributed by atoms with Gasteiger partial charge in [-0.05, 0) is 44.0 Å². The molecule has 1 atom stereocenters. The van der Waals surface area contributed by atoms with Gasteiger partial charge in [-0.3, -0.25) is 4.79 Å². The summed E-state index contributed by atoms with van der Waals surface area (Å²) in [5.74, 6) is -0.989. The van der Waals surface area contributed by atoms with Crippen molar-refractivity contribution in [1.29, 1.82) is 5.26 Å². The lowest BCUT2D eigenvalue weighted by Gasteiger charge is -2.20. The summed E-state index contributed by atoms with van der Waals surface area (Å²) in [5.41, 5.74) is -0.172. The van der Waals surface area contributed by atoms with Crippen molar-refractivity contribution in [3.05, 3.63) is 29.3 Å². The number of hydrogen-bond acceptors (Lipinski definition) is 4. The molecule has 7 heteroatoms. The van der Waals surface area contributed by atoms with Gasteiger partial charge in [0.25, 0.3) is 0 Å². The quantitative estimate of drug-likeness (QED) is 0.908. The fourth-order valence-corrected chi connectivity index (χ4v) is 4.22. The molecule has 1 fully saturated rings. The molecular weight excluding hydrogens is 292 g/mol. The lowest BCUT2D eigenvalue weighted by Crippen LogP contribution is -2.35. The van der Waals surface area contributed by atoms with Crippen LogP contribution in [0.3, 0.4) is 0 Å². The molecule has 0 radical (unpaired) electrons. The Hall–Kier alpha value is -1.91. The molecule has 0 amide bonds. The summed E-state index contributed by atoms with van der Waals surface area (Å²) in [6.07, 6.45) is 0.289. The molecule has 0 unspecified atom stereocenters. The van der Waals surface area contributed by atoms with Crippen molar-refractivity contribution in [1.82, 2.24) is 4.31 Å². The van der Waals surface area contributed by atoms with Gasteiger partial charge in [-0.2, -0.15) is 9.57 Å². The van der Waals surface area contributed by atoms with Gasteiger partial charge in [0.1, 0.15) is 0 Å². The molecule has 112 valence electrons. The predicted octanol–water partition coefficient (Wildman–Crippen LogP) is 1.35. The van der Waals surface area contributed by atoms with Crippen molar-refractivity contribution in [2.45, 2.75) is 25.2 Å². The van der Waals surface area contributed by atoms with Crippen LogP contribution in [-0.2, 0) is 14.8 Å². The van der Waals surface area contributed by atoms with E-state index in [-0.39, 0.29) is 24.4 Å². The molecule has 6 nitrogen and oxygen atoms in total. The third kappa shape index (κ3) is 2.64. The molecule has 1 aliphatic heterocycles. The molecule has 0 saturated carbocycles. The van der Waals surface area contributed by atoms with Crippen LogP contribution in [0.4, 0.5) is 0 Å². The van der Waals surface area contributed by atoms with Gasteiger partial charge in [0.05, 0.1) is 21.9 Å². The minimum atomic E-state index is -3.74. The van der Waals surface area contributed by atoms with Crippen molar-refractivity contribution >= 4 is 16.0 Å². The van der Waals surface area contributed by atoms with Gasteiger partial charge in [0.2, 0.25) is 10.0 Å². The number of rotatable bonds is 3. The van der Waals surface area contributed by atoms with Crippen LogP contribution in [0.15, 0.2) is 23.1 Å². The van der Waals surface area contributed by atoms with Crippen LogP contribution in [0.1, 0.15) is 24.5 Å². The normalized spacial score (nSPS) is 22.9. The van der Waals surface area contributed by atoms with E-state index < -0.39 is 21.4 Å². The second-order valence-electron chi connectivity index (χ2n) is 5.55. The summed E-state index contributed by atoms with van der Waals surface area (Å²) in [5, 5.41) is 18.0. The Balaban J connectivity index is 2.37. The maximum Gasteiger partial charge on any atom is 0.310 e. The summed E-state index contributed by atoms with van der Waals surface area (Å²) >= 11 is 0. The molecule has 0 spiro atoms. The molecule has 2 rings (SSSR count). The maximum absolute atomic E-state index is 12.6. The average molecular weight is 308 g/mol. The molecule has 1 aromatic rings. The van der Waals surface area contributed by atoms with Crippen LogP contribution in [0.5, 0.6) is 0 Å². The molecule has 0 aliphatic carbocycles. The first-order chi connectivity index (χ1) is 9.70. The molecule has 0 bridgehead atoms. The number of benzene rings is 1. The summed E-state index contributed by atoms with van der Waals surface area (Å²) in [6, 6.07) is 6.32. The van der Waals surface area contributed by atoms with Crippen LogP contribution in [0.2, 0.25) is 0 Å². The molecule has 1 heterocycles. The summed E-state index contributed by atoms with van der Waals surface area (Å²) in [4.78, 5) is 11.3. The van der Waals surface area contributed by atoms with Gasteiger partial charge >= 0.3 is 5.97 Å². The summed E-state index contributed by atoms with van der Waals surface area (Å²) < 4.78 is 26.4. The first-order valence-electron chi connectivity index (χ1n) is 6.45. The largest absolute Gasteiger partial charge is 0.481 e. The smallest absolute Gasteiger partial charge is 0.310 e. The Bertz CT molecular complexity index is 736. The first kappa shape index (κ1) is 15.5. The number of hydrogen-bond donors (Lipinski definition) is 1. The standard InChI is InChI=1S/C14H16N2O4S/c1-10-7-11(8-15)3-4-12(10)21(19,20)16-6-5-14(2,9-16)13(17)18/h3-4,7H,5-6,9H2,1-2H3,(H,17,18)/t14-/m0/s1. The van der Waals surface area contributed by atoms with E-state index in [4.69, 9.17) is 5.26 Å². The lowest BCUT2D eigenvalue weighted by atomic mass is 9.90. The van der Waals surface area contributed by atoms with E-state index in [1.54, 1.807) is 13.8 Å². The molecule has 1 aliphatic rings. The summed E-state index contributed by atoms with van der Waals surface area (Å²) in [7, 11) is -3.74. The Morgan fingerprint density at radius 1 is 1.48 bits per heavy atom. The van der Waals surface area contributed by atoms with Crippen LogP contribution in [-0.4, -0.2) is 36.9 Å². The van der Waals surface area contributed by atoms with Gasteiger partial charge in [0.15, 0.2) is 0 Å². The molecule has 21 heavy (non-hydrogen) atoms. The second kappa shape index (κ2) is 5.13. The van der Waals surface area contributed by atoms with Gasteiger partial charge in [0, 0.05) is 13.1 Å². The molecule has 1 N–H and O–H groups in total. The average Bonchev–Trinajstić information content (AvgIpc) is 2.83. The zero-order chi connectivity index (χ0) is 15.8. The monoisotopic (exact) mass is 308 g/mol. The zero-order valence-electron chi connectivity index (χ0n) is 11.8. The Kier molecular flexibility index (Phi) is 3.78. The van der Waals surface area contributed by atoms with E-state index in [1.165, 1.54) is 22.5 Å². The van der Waals surface area contributed by atoms with Crippen molar-refractivity contribution in [2.75, 3.05) is 13.1 Å². The van der Waals surface area contributed by atoms with Crippen molar-refractivity contribution in [3.8, 4) is 6.07 Å². The van der Waals surface area contributed by atoms with Crippen LogP contribution >= 0.6 is 0 Å². The number of nitriles is 1. The Morgan fingerprint density at radius 2 is 2.14 bits per heavy atom. The topological polar surface area (TPSA) is 98.5 Å². The van der Waals surface area contributed by atoms with Gasteiger partial charge < -0.3 is 5.11 Å². The van der Waals surface area contributed by atoms with E-state index in [0.29, 0.717) is 11.1 Å². The minimum absolute atomic E-state index is 0.0376. The maximum atomic E-state index is 12.6. The van der Waals surface area contributed by atoms with Crippen molar-refractivity contribution < 1.29 is 18.3 Å². The number of carboxylic acids is 1. The van der Waals surface area contributed by atoms with Crippen molar-refractivity contribution in [3.63, 3.8) is 0 Å². The highest BCUT2D eigenvalue weighted by atomic mass is 32.2. The van der Waals surface area contributed by atoms with Gasteiger partial charge in [-0.15, -0.1) is 0 Å². The van der Waals surface area contributed by atoms with Gasteiger partial charge in [-0.25, -0.2) is 8.42 Å². The highest BCUT2D eigenvalue weighted by molar-refractivity contribution is 7.89. The minimum Gasteiger partial charge on any atom is -0.481 e. The number of aliphatic carboxylic acids is 1. The SMILES string of the molecule is Cc1cc(C#N)ccc1S(=O)(=O)N1CC[C@](C)(C(=O)O)C1. The van der Waals surface area contributed by atoms with Crippen LogP contribution in [0.25, 0.3) is 0 Å². The number of carboxylic acid groups (broad SMARTS) is 1. The molecule has 0 aromatic heterocycles. The Morgan fingerprint density at radius 3 is 2.62 bits per heavy atom. The number of sulfonamides is 1. The molecule has 1 saturated heterocycles. The number of carbonyl (C=O) groups is 1. The second-order valence-corrected chi connectivity index (χ2v) is 7.45. The van der Waals surface area contributed by atoms with Crippen molar-refractivity contribution in [2.24, 2.45) is 5.41 Å².